The van der Waals surface area contributed by atoms with E-state index in [2.05, 4.69) is 4.90 Å². The summed E-state index contributed by atoms with van der Waals surface area (Å²) in [7, 11) is 0. The lowest BCUT2D eigenvalue weighted by Gasteiger charge is -2.38. The molecule has 0 bridgehead atoms. The standard InChI is InChI=1S/C10H21NO2/c1-10(8-12,9-13)11-6-4-2-3-5-7-11/h12-13H,2-9H2,1H3. The molecule has 0 saturated carbocycles. The minimum atomic E-state index is -0.412. The second-order valence-corrected chi connectivity index (χ2v) is 4.21. The van der Waals surface area contributed by atoms with E-state index in [1.807, 2.05) is 6.92 Å². The highest BCUT2D eigenvalue weighted by molar-refractivity contribution is 4.85. The molecule has 1 saturated heterocycles. The van der Waals surface area contributed by atoms with Crippen LogP contribution in [0, 0.1) is 0 Å². The first kappa shape index (κ1) is 11.0. The van der Waals surface area contributed by atoms with Gasteiger partial charge in [-0.05, 0) is 32.9 Å². The summed E-state index contributed by atoms with van der Waals surface area (Å²) in [5.74, 6) is 0. The van der Waals surface area contributed by atoms with Crippen molar-refractivity contribution >= 4 is 0 Å². The van der Waals surface area contributed by atoms with Crippen molar-refractivity contribution < 1.29 is 10.2 Å². The van der Waals surface area contributed by atoms with E-state index in [1.54, 1.807) is 0 Å². The summed E-state index contributed by atoms with van der Waals surface area (Å²) >= 11 is 0. The minimum absolute atomic E-state index is 0.0451. The number of aliphatic hydroxyl groups is 2. The molecule has 1 aliphatic rings. The van der Waals surface area contributed by atoms with Gasteiger partial charge in [-0.2, -0.15) is 0 Å². The predicted molar refractivity (Wildman–Crippen MR) is 52.6 cm³/mol. The van der Waals surface area contributed by atoms with Gasteiger partial charge in [-0.1, -0.05) is 12.8 Å². The summed E-state index contributed by atoms with van der Waals surface area (Å²) in [6.07, 6.45) is 4.94. The van der Waals surface area contributed by atoms with Gasteiger partial charge < -0.3 is 10.2 Å². The topological polar surface area (TPSA) is 43.7 Å². The van der Waals surface area contributed by atoms with E-state index in [9.17, 15) is 10.2 Å². The van der Waals surface area contributed by atoms with E-state index in [-0.39, 0.29) is 13.2 Å². The molecule has 1 fully saturated rings. The van der Waals surface area contributed by atoms with Crippen LogP contribution in [0.25, 0.3) is 0 Å². The van der Waals surface area contributed by atoms with Crippen LogP contribution in [0.3, 0.4) is 0 Å². The van der Waals surface area contributed by atoms with Gasteiger partial charge in [-0.15, -0.1) is 0 Å². The molecule has 1 rings (SSSR count). The molecule has 2 N–H and O–H groups in total. The summed E-state index contributed by atoms with van der Waals surface area (Å²) in [6, 6.07) is 0. The Balaban J connectivity index is 2.55. The van der Waals surface area contributed by atoms with Crippen LogP contribution < -0.4 is 0 Å². The third-order valence-corrected chi connectivity index (χ3v) is 3.05. The second-order valence-electron chi connectivity index (χ2n) is 4.21. The average Bonchev–Trinajstić information content (AvgIpc) is 2.45. The van der Waals surface area contributed by atoms with Gasteiger partial charge >= 0.3 is 0 Å². The molecule has 0 aromatic carbocycles. The highest BCUT2D eigenvalue weighted by atomic mass is 16.3. The predicted octanol–water partition coefficient (Wildman–Crippen LogP) is 0.606. The van der Waals surface area contributed by atoms with Crippen LogP contribution in [-0.4, -0.2) is 47.0 Å². The van der Waals surface area contributed by atoms with Crippen molar-refractivity contribution in [1.29, 1.82) is 0 Å². The van der Waals surface area contributed by atoms with Crippen molar-refractivity contribution in [3.05, 3.63) is 0 Å². The number of nitrogens with zero attached hydrogens (tertiary/aromatic N) is 1. The maximum absolute atomic E-state index is 9.23. The SMILES string of the molecule is CC(CO)(CO)N1CCCCCC1. The van der Waals surface area contributed by atoms with Crippen LogP contribution in [0.4, 0.5) is 0 Å². The summed E-state index contributed by atoms with van der Waals surface area (Å²) in [5.41, 5.74) is -0.412. The van der Waals surface area contributed by atoms with Crippen molar-refractivity contribution in [3.63, 3.8) is 0 Å². The quantitative estimate of drug-likeness (QED) is 0.680. The number of rotatable bonds is 3. The van der Waals surface area contributed by atoms with Crippen molar-refractivity contribution in [2.75, 3.05) is 26.3 Å². The lowest BCUT2D eigenvalue weighted by Crippen LogP contribution is -2.52. The molecule has 0 amide bonds. The fraction of sp³-hybridized carbons (Fsp3) is 1.00. The molecule has 78 valence electrons. The van der Waals surface area contributed by atoms with Gasteiger partial charge in [0.2, 0.25) is 0 Å². The Bertz CT molecular complexity index is 138. The maximum Gasteiger partial charge on any atom is 0.0644 e. The van der Waals surface area contributed by atoms with Gasteiger partial charge in [0.25, 0.3) is 0 Å². The highest BCUT2D eigenvalue weighted by Crippen LogP contribution is 2.19. The smallest absolute Gasteiger partial charge is 0.0644 e. The zero-order valence-corrected chi connectivity index (χ0v) is 8.50. The molecule has 0 spiro atoms. The van der Waals surface area contributed by atoms with Gasteiger partial charge in [0.05, 0.1) is 18.8 Å². The van der Waals surface area contributed by atoms with E-state index in [4.69, 9.17) is 0 Å². The second kappa shape index (κ2) is 4.94. The van der Waals surface area contributed by atoms with Crippen LogP contribution in [0.5, 0.6) is 0 Å². The Morgan fingerprint density at radius 2 is 1.46 bits per heavy atom. The fourth-order valence-electron chi connectivity index (χ4n) is 1.86. The lowest BCUT2D eigenvalue weighted by molar-refractivity contribution is 0.00135. The first-order valence-corrected chi connectivity index (χ1v) is 5.20. The van der Waals surface area contributed by atoms with Gasteiger partial charge in [0, 0.05) is 0 Å². The Morgan fingerprint density at radius 3 is 1.85 bits per heavy atom. The number of hydrogen-bond donors (Lipinski definition) is 2. The van der Waals surface area contributed by atoms with E-state index in [0.717, 1.165) is 13.1 Å². The van der Waals surface area contributed by atoms with Crippen LogP contribution in [0.2, 0.25) is 0 Å². The number of likely N-dealkylation sites (tertiary alicyclic amines) is 1. The summed E-state index contributed by atoms with van der Waals surface area (Å²) in [5, 5.41) is 18.5. The normalized spacial score (nSPS) is 21.5. The molecule has 3 nitrogen and oxygen atoms in total. The maximum atomic E-state index is 9.23. The number of aliphatic hydroxyl groups excluding tert-OH is 2. The molecule has 0 unspecified atom stereocenters. The zero-order chi connectivity index (χ0) is 9.73. The summed E-state index contributed by atoms with van der Waals surface area (Å²) < 4.78 is 0. The fourth-order valence-corrected chi connectivity index (χ4v) is 1.86. The molecule has 1 aliphatic heterocycles. The summed E-state index contributed by atoms with van der Waals surface area (Å²) in [6.45, 7) is 4.04. The van der Waals surface area contributed by atoms with E-state index in [0.29, 0.717) is 0 Å². The summed E-state index contributed by atoms with van der Waals surface area (Å²) in [4.78, 5) is 2.22. The van der Waals surface area contributed by atoms with Crippen molar-refractivity contribution in [1.82, 2.24) is 4.90 Å². The Morgan fingerprint density at radius 1 is 1.00 bits per heavy atom. The van der Waals surface area contributed by atoms with Crippen LogP contribution in [0.15, 0.2) is 0 Å². The first-order valence-electron chi connectivity index (χ1n) is 5.20. The molecule has 0 atom stereocenters. The molecule has 1 heterocycles. The van der Waals surface area contributed by atoms with Crippen molar-refractivity contribution in [2.45, 2.75) is 38.1 Å². The third-order valence-electron chi connectivity index (χ3n) is 3.05. The lowest BCUT2D eigenvalue weighted by atomic mass is 10.0. The van der Waals surface area contributed by atoms with E-state index in [1.165, 1.54) is 25.7 Å². The van der Waals surface area contributed by atoms with Crippen molar-refractivity contribution in [3.8, 4) is 0 Å². The molecule has 3 heteroatoms. The van der Waals surface area contributed by atoms with Crippen molar-refractivity contribution in [2.24, 2.45) is 0 Å². The van der Waals surface area contributed by atoms with Gasteiger partial charge in [-0.3, -0.25) is 4.90 Å². The van der Waals surface area contributed by atoms with Gasteiger partial charge in [0.1, 0.15) is 0 Å². The Kier molecular flexibility index (Phi) is 4.16. The first-order chi connectivity index (χ1) is 6.23. The Labute approximate surface area is 80.4 Å². The molecular formula is C10H21NO2. The molecule has 0 aromatic rings. The Hall–Kier alpha value is -0.120. The molecule has 0 radical (unpaired) electrons. The zero-order valence-electron chi connectivity index (χ0n) is 8.50. The molecular weight excluding hydrogens is 166 g/mol. The number of hydrogen-bond acceptors (Lipinski definition) is 3. The van der Waals surface area contributed by atoms with Gasteiger partial charge in [-0.25, -0.2) is 0 Å². The molecule has 0 aromatic heterocycles. The average molecular weight is 187 g/mol. The van der Waals surface area contributed by atoms with Crippen LogP contribution in [0.1, 0.15) is 32.6 Å². The van der Waals surface area contributed by atoms with Gasteiger partial charge in [0.15, 0.2) is 0 Å². The largest absolute Gasteiger partial charge is 0.394 e. The molecule has 13 heavy (non-hydrogen) atoms. The minimum Gasteiger partial charge on any atom is -0.394 e. The van der Waals surface area contributed by atoms with Crippen LogP contribution in [-0.2, 0) is 0 Å². The molecule has 0 aliphatic carbocycles. The monoisotopic (exact) mass is 187 g/mol. The third kappa shape index (κ3) is 2.66. The van der Waals surface area contributed by atoms with E-state index < -0.39 is 5.54 Å². The van der Waals surface area contributed by atoms with E-state index >= 15 is 0 Å². The van der Waals surface area contributed by atoms with Crippen LogP contribution >= 0.6 is 0 Å². The highest BCUT2D eigenvalue weighted by Gasteiger charge is 2.30.